The highest BCUT2D eigenvalue weighted by Gasteiger charge is 2.44. The number of fused-ring (bicyclic) bond motifs is 9. The van der Waals surface area contributed by atoms with Gasteiger partial charge in [0.1, 0.15) is 18.8 Å². The van der Waals surface area contributed by atoms with Crippen molar-refractivity contribution >= 4 is 29.4 Å². The number of halogens is 1. The normalized spacial score (nSPS) is 21.2. The largest absolute Gasteiger partial charge is 0.331 e. The van der Waals surface area contributed by atoms with E-state index in [9.17, 15) is 9.36 Å². The summed E-state index contributed by atoms with van der Waals surface area (Å²) in [5.74, 6) is -0.805. The van der Waals surface area contributed by atoms with Gasteiger partial charge in [0.15, 0.2) is 0 Å². The Morgan fingerprint density at radius 3 is 2.55 bits per heavy atom. The van der Waals surface area contributed by atoms with Gasteiger partial charge >= 0.3 is 0 Å². The van der Waals surface area contributed by atoms with E-state index in [1.165, 1.54) is 18.2 Å². The molecule has 2 bridgehead atoms. The first-order valence-corrected chi connectivity index (χ1v) is 13.4. The van der Waals surface area contributed by atoms with Crippen molar-refractivity contribution < 1.29 is 17.9 Å². The number of hydrogen-bond acceptors (Lipinski definition) is 3. The van der Waals surface area contributed by atoms with Gasteiger partial charge < -0.3 is 14.0 Å². The van der Waals surface area contributed by atoms with Gasteiger partial charge in [-0.2, -0.15) is 0 Å². The van der Waals surface area contributed by atoms with Crippen molar-refractivity contribution in [3.63, 3.8) is 0 Å². The highest BCUT2D eigenvalue weighted by atomic mass is 31.2. The van der Waals surface area contributed by atoms with Gasteiger partial charge in [-0.05, 0) is 48.7 Å². The predicted octanol–water partition coefficient (Wildman–Crippen LogP) is 5.21. The fourth-order valence-electron chi connectivity index (χ4n) is 5.09. The zero-order valence-electron chi connectivity index (χ0n) is 21.1. The topological polar surface area (TPSA) is 55.2 Å². The van der Waals surface area contributed by atoms with Crippen LogP contribution in [0.4, 0.5) is 4.39 Å². The van der Waals surface area contributed by atoms with Crippen LogP contribution in [0.15, 0.2) is 60.7 Å². The van der Waals surface area contributed by atoms with E-state index in [-0.39, 0.29) is 17.5 Å². The minimum absolute atomic E-state index is 0.0708. The van der Waals surface area contributed by atoms with Gasteiger partial charge in [0, 0.05) is 33.9 Å². The van der Waals surface area contributed by atoms with Crippen LogP contribution in [-0.2, 0) is 4.57 Å². The number of carbonyl (C=O) groups excluding carboxylic acids is 1. The summed E-state index contributed by atoms with van der Waals surface area (Å²) in [5.41, 5.74) is 3.48. The summed E-state index contributed by atoms with van der Waals surface area (Å²) in [4.78, 5) is 18.9. The lowest BCUT2D eigenvalue weighted by atomic mass is 9.98. The first-order chi connectivity index (χ1) is 16.9. The molecule has 0 fully saturated rings. The van der Waals surface area contributed by atoms with Crippen molar-refractivity contribution in [3.8, 4) is 11.1 Å². The summed E-state index contributed by atoms with van der Waals surface area (Å²) in [5, 5.41) is 0.795. The van der Waals surface area contributed by atoms with Crippen LogP contribution in [-0.4, -0.2) is 40.7 Å². The SMILES string of the molecule is [2H]C([2H])([2H])N1C(=O)c2cccc(F)c2[C@H]2C[C@@H]1c1nc3ccc(-c4ccc(P(C)(C)=O)cc4)cc3n12. The molecule has 2 aliphatic heterocycles. The lowest BCUT2D eigenvalue weighted by Gasteiger charge is -2.23. The maximum Gasteiger partial charge on any atom is 0.254 e. The van der Waals surface area contributed by atoms with Crippen molar-refractivity contribution in [2.45, 2.75) is 18.5 Å². The third kappa shape index (κ3) is 2.94. The fraction of sp³-hybridized carbons (Fsp3) is 0.231. The first-order valence-electron chi connectivity index (χ1n) is 12.2. The van der Waals surface area contributed by atoms with Crippen LogP contribution in [0.1, 0.15) is 44.4 Å². The number of carbonyl (C=O) groups is 1. The summed E-state index contributed by atoms with van der Waals surface area (Å²) >= 11 is 0. The molecule has 0 N–H and O–H groups in total. The highest BCUT2D eigenvalue weighted by molar-refractivity contribution is 7.70. The smallest absolute Gasteiger partial charge is 0.254 e. The molecule has 4 aromatic rings. The summed E-state index contributed by atoms with van der Waals surface area (Å²) in [6, 6.07) is 16.2. The third-order valence-corrected chi connectivity index (χ3v) is 8.28. The van der Waals surface area contributed by atoms with Crippen molar-refractivity contribution in [1.82, 2.24) is 14.5 Å². The van der Waals surface area contributed by atoms with Gasteiger partial charge in [0.25, 0.3) is 5.91 Å². The van der Waals surface area contributed by atoms with Crippen LogP contribution >= 0.6 is 7.14 Å². The average Bonchev–Trinajstić information content (AvgIpc) is 3.30. The Balaban J connectivity index is 1.56. The molecule has 1 amide bonds. The molecule has 0 saturated carbocycles. The number of aromatic nitrogens is 2. The Hall–Kier alpha value is -3.24. The molecule has 6 rings (SSSR count). The van der Waals surface area contributed by atoms with E-state index in [1.54, 1.807) is 13.3 Å². The van der Waals surface area contributed by atoms with Crippen LogP contribution in [0.5, 0.6) is 0 Å². The molecule has 0 spiro atoms. The van der Waals surface area contributed by atoms with Gasteiger partial charge in [-0.3, -0.25) is 4.79 Å². The van der Waals surface area contributed by atoms with Crippen LogP contribution < -0.4 is 5.30 Å². The number of imidazole rings is 1. The molecule has 0 radical (unpaired) electrons. The number of benzene rings is 3. The molecule has 7 heteroatoms. The fourth-order valence-corrected chi connectivity index (χ4v) is 5.96. The van der Waals surface area contributed by atoms with Crippen LogP contribution in [0.2, 0.25) is 0 Å². The molecule has 3 heterocycles. The zero-order valence-corrected chi connectivity index (χ0v) is 19.0. The molecule has 166 valence electrons. The van der Waals surface area contributed by atoms with Crippen molar-refractivity contribution in [1.29, 1.82) is 0 Å². The molecule has 0 saturated heterocycles. The summed E-state index contributed by atoms with van der Waals surface area (Å²) < 4.78 is 53.7. The van der Waals surface area contributed by atoms with E-state index in [1.807, 2.05) is 47.0 Å². The van der Waals surface area contributed by atoms with Crippen molar-refractivity contribution in [2.24, 2.45) is 0 Å². The number of amides is 1. The number of nitrogens with zero attached hydrogens (tertiary/aromatic N) is 3. The Labute approximate surface area is 195 Å². The lowest BCUT2D eigenvalue weighted by Crippen LogP contribution is -2.30. The Bertz CT molecular complexity index is 1610. The monoisotopic (exact) mass is 462 g/mol. The molecule has 0 aliphatic carbocycles. The average molecular weight is 462 g/mol. The Morgan fingerprint density at radius 2 is 1.82 bits per heavy atom. The predicted molar refractivity (Wildman–Crippen MR) is 128 cm³/mol. The van der Waals surface area contributed by atoms with Crippen molar-refractivity contribution in [2.75, 3.05) is 20.3 Å². The summed E-state index contributed by atoms with van der Waals surface area (Å²) in [6.07, 6.45) is 0.234. The van der Waals surface area contributed by atoms with Gasteiger partial charge in [-0.1, -0.05) is 36.4 Å². The lowest BCUT2D eigenvalue weighted by molar-refractivity contribution is 0.0734. The number of hydrogen-bond donors (Lipinski definition) is 0. The van der Waals surface area contributed by atoms with E-state index in [0.717, 1.165) is 26.8 Å². The highest BCUT2D eigenvalue weighted by Crippen LogP contribution is 2.48. The maximum atomic E-state index is 15.2. The van der Waals surface area contributed by atoms with Crippen LogP contribution in [0, 0.1) is 5.82 Å². The number of rotatable bonds is 2. The molecule has 2 atom stereocenters. The van der Waals surface area contributed by atoms with Gasteiger partial charge in [-0.25, -0.2) is 9.37 Å². The van der Waals surface area contributed by atoms with Crippen molar-refractivity contribution in [3.05, 3.63) is 83.4 Å². The van der Waals surface area contributed by atoms with Crippen LogP contribution in [0.25, 0.3) is 22.2 Å². The van der Waals surface area contributed by atoms with E-state index < -0.39 is 37.9 Å². The summed E-state index contributed by atoms with van der Waals surface area (Å²) in [6.45, 7) is 0.751. The maximum absolute atomic E-state index is 15.2. The van der Waals surface area contributed by atoms with Gasteiger partial charge in [0.2, 0.25) is 0 Å². The first kappa shape index (κ1) is 17.3. The van der Waals surface area contributed by atoms with E-state index >= 15 is 4.39 Å². The van der Waals surface area contributed by atoms with Gasteiger partial charge in [-0.15, -0.1) is 0 Å². The van der Waals surface area contributed by atoms with E-state index in [2.05, 4.69) is 0 Å². The van der Waals surface area contributed by atoms with E-state index in [4.69, 9.17) is 9.10 Å². The van der Waals surface area contributed by atoms with E-state index in [0.29, 0.717) is 11.3 Å². The second kappa shape index (κ2) is 6.88. The minimum atomic E-state index is -2.71. The summed E-state index contributed by atoms with van der Waals surface area (Å²) in [7, 11) is -2.37. The van der Waals surface area contributed by atoms with Gasteiger partial charge in [0.05, 0.1) is 23.1 Å². The minimum Gasteiger partial charge on any atom is -0.331 e. The zero-order chi connectivity index (χ0) is 25.6. The second-order valence-electron chi connectivity index (χ2n) is 9.08. The molecule has 2 aliphatic rings. The molecular weight excluding hydrogens is 436 g/mol. The molecule has 1 aromatic heterocycles. The molecule has 5 nitrogen and oxygen atoms in total. The molecule has 0 unspecified atom stereocenters. The quantitative estimate of drug-likeness (QED) is 0.384. The Kier molecular flexibility index (Phi) is 3.60. The molecule has 3 aromatic carbocycles. The molecule has 33 heavy (non-hydrogen) atoms. The Morgan fingerprint density at radius 1 is 1.06 bits per heavy atom. The third-order valence-electron chi connectivity index (χ3n) is 6.74. The second-order valence-corrected chi connectivity index (χ2v) is 12.3. The van der Waals surface area contributed by atoms with Crippen LogP contribution in [0.3, 0.4) is 0 Å². The molecular formula is C26H23FN3O2P. The standard InChI is InChI=1S/C26H23FN3O2P/c1-29-23-14-22(24-18(26(29)31)5-4-6-19(24)27)30-21-13-16(9-12-20(21)28-25(23)30)15-7-10-17(11-8-15)33(2,3)32/h4-13,22-23H,14H2,1-3H3/t22-,23-/m1/s1/i1D3.